The zero-order valence-electron chi connectivity index (χ0n) is 22.0. The number of carbonyl (C=O) groups excluding carboxylic acids is 1. The van der Waals surface area contributed by atoms with Crippen LogP contribution in [0.1, 0.15) is 49.6 Å². The maximum atomic E-state index is 12.9. The first-order valence-corrected chi connectivity index (χ1v) is 16.4. The largest absolute Gasteiger partial charge is 0.360 e. The van der Waals surface area contributed by atoms with E-state index in [1.807, 2.05) is 23.8 Å². The number of hydrogen-bond donors (Lipinski definition) is 2. The lowest BCUT2D eigenvalue weighted by Crippen LogP contribution is -2.46. The molecule has 1 atom stereocenters. The molecule has 2 aliphatic carbocycles. The van der Waals surface area contributed by atoms with Crippen molar-refractivity contribution in [2.24, 2.45) is 23.5 Å². The van der Waals surface area contributed by atoms with Gasteiger partial charge in [-0.05, 0) is 88.0 Å². The molecular formula is C27H44N4O2Si. The maximum absolute atomic E-state index is 12.9. The molecule has 0 unspecified atom stereocenters. The standard InChI is InChI=1S/C27H44N4O2Si/c1-8-23(29-27(32)26(28)25(21-10-11-21)22-12-13-22)14-9-18(2)24-19(3)30-31(20(24)4)17-33-15-16-34(5,6)7/h8-9,14,21-22,25-26H,1,10-13,15-17,28H2,2-7H3,(H,29,32)/b18-9+,23-14+/t26-/m0/s1. The molecule has 6 nitrogen and oxygen atoms in total. The highest BCUT2D eigenvalue weighted by Gasteiger charge is 2.46. The van der Waals surface area contributed by atoms with Crippen molar-refractivity contribution in [3.8, 4) is 0 Å². The smallest absolute Gasteiger partial charge is 0.241 e. The van der Waals surface area contributed by atoms with Gasteiger partial charge in [0.05, 0.1) is 11.7 Å². The molecule has 34 heavy (non-hydrogen) atoms. The van der Waals surface area contributed by atoms with Crippen LogP contribution in [-0.4, -0.2) is 36.4 Å². The molecule has 0 spiro atoms. The van der Waals surface area contributed by atoms with Gasteiger partial charge in [-0.15, -0.1) is 0 Å². The molecule has 3 rings (SSSR count). The molecule has 1 amide bonds. The lowest BCUT2D eigenvalue weighted by atomic mass is 9.89. The third-order valence-corrected chi connectivity index (χ3v) is 8.74. The average Bonchev–Trinajstić information content (AvgIpc) is 3.68. The van der Waals surface area contributed by atoms with Gasteiger partial charge in [-0.3, -0.25) is 4.79 Å². The first kappa shape index (κ1) is 26.6. The summed E-state index contributed by atoms with van der Waals surface area (Å²) in [4.78, 5) is 12.9. The van der Waals surface area contributed by atoms with Gasteiger partial charge in [0, 0.05) is 31.6 Å². The number of nitrogens with two attached hydrogens (primary N) is 1. The summed E-state index contributed by atoms with van der Waals surface area (Å²) in [7, 11) is -1.10. The first-order chi connectivity index (χ1) is 16.0. The summed E-state index contributed by atoms with van der Waals surface area (Å²) in [5.74, 6) is 1.49. The zero-order chi connectivity index (χ0) is 25.0. The normalized spacial score (nSPS) is 18.4. The van der Waals surface area contributed by atoms with Crippen LogP contribution in [0.15, 0.2) is 30.5 Å². The van der Waals surface area contributed by atoms with Crippen LogP contribution in [0, 0.1) is 31.6 Å². The van der Waals surface area contributed by atoms with Crippen molar-refractivity contribution in [2.45, 2.75) is 84.9 Å². The number of aryl methyl sites for hydroxylation is 1. The molecule has 1 aromatic heterocycles. The summed E-state index contributed by atoms with van der Waals surface area (Å²) in [6, 6.07) is 0.696. The van der Waals surface area contributed by atoms with E-state index in [4.69, 9.17) is 10.5 Å². The molecular weight excluding hydrogens is 440 g/mol. The highest BCUT2D eigenvalue weighted by molar-refractivity contribution is 6.76. The van der Waals surface area contributed by atoms with E-state index in [0.717, 1.165) is 35.2 Å². The van der Waals surface area contributed by atoms with Crippen molar-refractivity contribution in [1.82, 2.24) is 15.1 Å². The molecule has 188 valence electrons. The fourth-order valence-corrected chi connectivity index (χ4v) is 5.47. The third-order valence-electron chi connectivity index (χ3n) is 7.04. The second kappa shape index (κ2) is 11.2. The van der Waals surface area contributed by atoms with Gasteiger partial charge in [-0.1, -0.05) is 32.3 Å². The first-order valence-electron chi connectivity index (χ1n) is 12.7. The molecule has 0 saturated heterocycles. The van der Waals surface area contributed by atoms with Crippen LogP contribution in [0.25, 0.3) is 5.57 Å². The van der Waals surface area contributed by atoms with Crippen molar-refractivity contribution in [1.29, 1.82) is 0 Å². The Kier molecular flexibility index (Phi) is 8.76. The van der Waals surface area contributed by atoms with Crippen LogP contribution in [0.2, 0.25) is 25.7 Å². The van der Waals surface area contributed by atoms with Gasteiger partial charge >= 0.3 is 0 Å². The molecule has 3 N–H and O–H groups in total. The Bertz CT molecular complexity index is 937. The number of aromatic nitrogens is 2. The van der Waals surface area contributed by atoms with Crippen LogP contribution in [0.3, 0.4) is 0 Å². The Morgan fingerprint density at radius 1 is 1.24 bits per heavy atom. The lowest BCUT2D eigenvalue weighted by Gasteiger charge is -2.23. The number of nitrogens with zero attached hydrogens (tertiary/aromatic N) is 2. The number of nitrogens with one attached hydrogen (secondary N) is 1. The van der Waals surface area contributed by atoms with Crippen LogP contribution in [0.5, 0.6) is 0 Å². The minimum absolute atomic E-state index is 0.100. The number of rotatable bonds is 13. The minimum atomic E-state index is -1.10. The minimum Gasteiger partial charge on any atom is -0.360 e. The van der Waals surface area contributed by atoms with Crippen LogP contribution in [-0.2, 0) is 16.3 Å². The Morgan fingerprint density at radius 2 is 1.85 bits per heavy atom. The van der Waals surface area contributed by atoms with Crippen molar-refractivity contribution in [3.63, 3.8) is 0 Å². The maximum Gasteiger partial charge on any atom is 0.241 e. The zero-order valence-corrected chi connectivity index (χ0v) is 23.0. The Balaban J connectivity index is 1.63. The lowest BCUT2D eigenvalue weighted by molar-refractivity contribution is -0.123. The molecule has 0 aromatic carbocycles. The Hall–Kier alpha value is -1.96. The quantitative estimate of drug-likeness (QED) is 0.230. The fourth-order valence-electron chi connectivity index (χ4n) is 4.72. The molecule has 0 radical (unpaired) electrons. The third kappa shape index (κ3) is 7.27. The van der Waals surface area contributed by atoms with Crippen LogP contribution >= 0.6 is 0 Å². The summed E-state index contributed by atoms with van der Waals surface area (Å²) in [6.07, 6.45) is 10.4. The van der Waals surface area contributed by atoms with E-state index in [9.17, 15) is 4.79 Å². The van der Waals surface area contributed by atoms with Crippen LogP contribution < -0.4 is 11.1 Å². The summed E-state index contributed by atoms with van der Waals surface area (Å²) in [5, 5.41) is 7.68. The Labute approximate surface area is 206 Å². The summed E-state index contributed by atoms with van der Waals surface area (Å²) in [6.45, 7) is 18.3. The number of hydrogen-bond acceptors (Lipinski definition) is 4. The van der Waals surface area contributed by atoms with Crippen molar-refractivity contribution < 1.29 is 9.53 Å². The molecule has 7 heteroatoms. The highest BCUT2D eigenvalue weighted by Crippen LogP contribution is 2.50. The molecule has 0 aliphatic heterocycles. The van der Waals surface area contributed by atoms with Crippen LogP contribution in [0.4, 0.5) is 0 Å². The predicted molar refractivity (Wildman–Crippen MR) is 143 cm³/mol. The van der Waals surface area contributed by atoms with E-state index in [-0.39, 0.29) is 5.91 Å². The van der Waals surface area contributed by atoms with E-state index >= 15 is 0 Å². The van der Waals surface area contributed by atoms with E-state index in [1.165, 1.54) is 25.7 Å². The number of carbonyl (C=O) groups is 1. The van der Waals surface area contributed by atoms with Gasteiger partial charge in [0.15, 0.2) is 0 Å². The highest BCUT2D eigenvalue weighted by atomic mass is 28.3. The summed E-state index contributed by atoms with van der Waals surface area (Å²) in [5.41, 5.74) is 11.3. The summed E-state index contributed by atoms with van der Waals surface area (Å²) < 4.78 is 7.83. The van der Waals surface area contributed by atoms with Gasteiger partial charge < -0.3 is 15.8 Å². The van der Waals surface area contributed by atoms with Gasteiger partial charge in [0.2, 0.25) is 5.91 Å². The van der Waals surface area contributed by atoms with E-state index in [0.29, 0.717) is 30.2 Å². The molecule has 1 heterocycles. The van der Waals surface area contributed by atoms with Gasteiger partial charge in [-0.2, -0.15) is 5.10 Å². The number of amides is 1. The molecule has 2 aliphatic rings. The SMILES string of the molecule is C=C/C(=C\C=C(/C)c1c(C)nn(COCC[Si](C)(C)C)c1C)NC(=O)[C@@H](N)C(C1CC1)C1CC1. The molecule has 0 bridgehead atoms. The van der Waals surface area contributed by atoms with Gasteiger partial charge in [0.25, 0.3) is 0 Å². The van der Waals surface area contributed by atoms with Crippen molar-refractivity contribution in [3.05, 3.63) is 47.5 Å². The second-order valence-corrected chi connectivity index (χ2v) is 17.0. The molecule has 2 saturated carbocycles. The number of allylic oxidation sites excluding steroid dienone is 4. The van der Waals surface area contributed by atoms with Crippen molar-refractivity contribution in [2.75, 3.05) is 6.61 Å². The van der Waals surface area contributed by atoms with Gasteiger partial charge in [0.1, 0.15) is 6.73 Å². The second-order valence-electron chi connectivity index (χ2n) is 11.3. The molecule has 2 fully saturated rings. The molecule has 1 aromatic rings. The monoisotopic (exact) mass is 484 g/mol. The van der Waals surface area contributed by atoms with Gasteiger partial charge in [-0.25, -0.2) is 4.68 Å². The average molecular weight is 485 g/mol. The predicted octanol–water partition coefficient (Wildman–Crippen LogP) is 5.17. The van der Waals surface area contributed by atoms with E-state index < -0.39 is 14.1 Å². The fraction of sp³-hybridized carbons (Fsp3) is 0.630. The van der Waals surface area contributed by atoms with E-state index in [1.54, 1.807) is 6.08 Å². The Morgan fingerprint density at radius 3 is 2.38 bits per heavy atom. The van der Waals surface area contributed by atoms with E-state index in [2.05, 4.69) is 50.5 Å². The summed E-state index contributed by atoms with van der Waals surface area (Å²) >= 11 is 0. The van der Waals surface area contributed by atoms with Crippen molar-refractivity contribution >= 4 is 19.6 Å². The number of ether oxygens (including phenoxy) is 1. The topological polar surface area (TPSA) is 82.2 Å².